The van der Waals surface area contributed by atoms with Gasteiger partial charge in [0, 0.05) is 48.6 Å². The van der Waals surface area contributed by atoms with Crippen LogP contribution in [0, 0.1) is 5.82 Å². The molecular formula is C23H25FN4O2. The fourth-order valence-electron chi connectivity index (χ4n) is 3.71. The lowest BCUT2D eigenvalue weighted by atomic mass is 10.0. The van der Waals surface area contributed by atoms with Gasteiger partial charge in [0.05, 0.1) is 12.2 Å². The van der Waals surface area contributed by atoms with Crippen molar-refractivity contribution >= 4 is 11.6 Å². The van der Waals surface area contributed by atoms with Gasteiger partial charge < -0.3 is 19.5 Å². The number of likely N-dealkylation sites (N-methyl/N-ethyl adjacent to an activating group) is 1. The molecule has 1 amide bonds. The van der Waals surface area contributed by atoms with Crippen LogP contribution in [0.25, 0.3) is 11.3 Å². The third-order valence-corrected chi connectivity index (χ3v) is 5.51. The quantitative estimate of drug-likeness (QED) is 0.697. The second-order valence-corrected chi connectivity index (χ2v) is 7.63. The zero-order valence-corrected chi connectivity index (χ0v) is 17.1. The van der Waals surface area contributed by atoms with Crippen molar-refractivity contribution in [2.45, 2.75) is 13.0 Å². The second kappa shape index (κ2) is 8.67. The van der Waals surface area contributed by atoms with E-state index in [1.54, 1.807) is 18.3 Å². The van der Waals surface area contributed by atoms with Gasteiger partial charge in [0.2, 0.25) is 0 Å². The predicted octanol–water partition coefficient (Wildman–Crippen LogP) is 3.72. The van der Waals surface area contributed by atoms with Crippen LogP contribution in [0.15, 0.2) is 59.5 Å². The van der Waals surface area contributed by atoms with Crippen molar-refractivity contribution in [2.75, 3.05) is 38.1 Å². The summed E-state index contributed by atoms with van der Waals surface area (Å²) in [6.45, 7) is 5.54. The lowest BCUT2D eigenvalue weighted by Crippen LogP contribution is -2.45. The van der Waals surface area contributed by atoms with Gasteiger partial charge in [-0.15, -0.1) is 0 Å². The molecule has 1 fully saturated rings. The number of amides is 1. The number of oxazole rings is 1. The highest BCUT2D eigenvalue weighted by Gasteiger charge is 2.21. The predicted molar refractivity (Wildman–Crippen MR) is 114 cm³/mol. The smallest absolute Gasteiger partial charge is 0.251 e. The minimum absolute atomic E-state index is 0.208. The highest BCUT2D eigenvalue weighted by atomic mass is 19.1. The summed E-state index contributed by atoms with van der Waals surface area (Å²) >= 11 is 0. The van der Waals surface area contributed by atoms with E-state index in [0.717, 1.165) is 43.0 Å². The number of nitrogens with one attached hydrogen (secondary N) is 1. The zero-order valence-electron chi connectivity index (χ0n) is 17.1. The van der Waals surface area contributed by atoms with Gasteiger partial charge in [0.25, 0.3) is 5.91 Å². The van der Waals surface area contributed by atoms with Crippen molar-refractivity contribution < 1.29 is 13.6 Å². The van der Waals surface area contributed by atoms with E-state index in [9.17, 15) is 9.18 Å². The molecule has 1 aliphatic rings. The van der Waals surface area contributed by atoms with Crippen LogP contribution < -0.4 is 10.2 Å². The van der Waals surface area contributed by atoms with E-state index in [4.69, 9.17) is 4.42 Å². The lowest BCUT2D eigenvalue weighted by molar-refractivity contribution is 0.0940. The third-order valence-electron chi connectivity index (χ3n) is 5.51. The van der Waals surface area contributed by atoms with Crippen molar-refractivity contribution in [3.8, 4) is 11.3 Å². The Morgan fingerprint density at radius 3 is 2.53 bits per heavy atom. The molecule has 4 rings (SSSR count). The summed E-state index contributed by atoms with van der Waals surface area (Å²) in [4.78, 5) is 21.2. The number of nitrogens with zero attached hydrogens (tertiary/aromatic N) is 3. The van der Waals surface area contributed by atoms with E-state index < -0.39 is 0 Å². The standard InChI is InChI=1S/C23H25FN4O2/c1-16(20-13-19(24)7-8-21(20)28-11-9-27(2)10-12-28)26-23(29)18-5-3-17(4-6-18)22-14-25-15-30-22/h3-8,13-16H,9-12H2,1-2H3,(H,26,29). The molecule has 0 aliphatic carbocycles. The van der Waals surface area contributed by atoms with Gasteiger partial charge >= 0.3 is 0 Å². The van der Waals surface area contributed by atoms with E-state index >= 15 is 0 Å². The lowest BCUT2D eigenvalue weighted by Gasteiger charge is -2.36. The third kappa shape index (κ3) is 4.36. The van der Waals surface area contributed by atoms with Crippen molar-refractivity contribution in [1.29, 1.82) is 0 Å². The molecule has 156 valence electrons. The Bertz CT molecular complexity index is 997. The summed E-state index contributed by atoms with van der Waals surface area (Å²) in [6.07, 6.45) is 3.00. The average Bonchev–Trinajstić information content (AvgIpc) is 3.29. The van der Waals surface area contributed by atoms with Crippen LogP contribution >= 0.6 is 0 Å². The molecule has 30 heavy (non-hydrogen) atoms. The van der Waals surface area contributed by atoms with Gasteiger partial charge in [-0.1, -0.05) is 12.1 Å². The normalized spacial score (nSPS) is 15.8. The molecule has 1 aliphatic heterocycles. The Kier molecular flexibility index (Phi) is 5.81. The molecular weight excluding hydrogens is 383 g/mol. The first-order valence-corrected chi connectivity index (χ1v) is 10.0. The number of halogens is 1. The van der Waals surface area contributed by atoms with Gasteiger partial charge in [-0.25, -0.2) is 9.37 Å². The highest BCUT2D eigenvalue weighted by molar-refractivity contribution is 5.95. The molecule has 2 heterocycles. The molecule has 7 heteroatoms. The average molecular weight is 408 g/mol. The molecule has 6 nitrogen and oxygen atoms in total. The topological polar surface area (TPSA) is 61.6 Å². The Hall–Kier alpha value is -3.19. The molecule has 3 aromatic rings. The maximum atomic E-state index is 14.0. The first kappa shape index (κ1) is 20.1. The fourth-order valence-corrected chi connectivity index (χ4v) is 3.71. The first-order chi connectivity index (χ1) is 14.5. The minimum atomic E-state index is -0.336. The van der Waals surface area contributed by atoms with Crippen LogP contribution in [-0.2, 0) is 0 Å². The Morgan fingerprint density at radius 2 is 1.87 bits per heavy atom. The van der Waals surface area contributed by atoms with Crippen LogP contribution in [0.2, 0.25) is 0 Å². The molecule has 1 atom stereocenters. The first-order valence-electron chi connectivity index (χ1n) is 10.0. The van der Waals surface area contributed by atoms with Crippen molar-refractivity contribution in [3.05, 3.63) is 72.0 Å². The molecule has 0 spiro atoms. The number of hydrogen-bond acceptors (Lipinski definition) is 5. The maximum Gasteiger partial charge on any atom is 0.251 e. The van der Waals surface area contributed by atoms with Gasteiger partial charge in [0.15, 0.2) is 12.2 Å². The van der Waals surface area contributed by atoms with E-state index in [1.807, 2.05) is 25.1 Å². The van der Waals surface area contributed by atoms with Gasteiger partial charge in [0.1, 0.15) is 5.82 Å². The SMILES string of the molecule is CC(NC(=O)c1ccc(-c2cnco2)cc1)c1cc(F)ccc1N1CCN(C)CC1. The summed E-state index contributed by atoms with van der Waals surface area (Å²) in [5, 5.41) is 3.00. The molecule has 1 N–H and O–H groups in total. The van der Waals surface area contributed by atoms with E-state index in [2.05, 4.69) is 27.1 Å². The summed E-state index contributed by atoms with van der Waals surface area (Å²) < 4.78 is 19.3. The monoisotopic (exact) mass is 408 g/mol. The molecule has 0 radical (unpaired) electrons. The van der Waals surface area contributed by atoms with E-state index in [0.29, 0.717) is 11.3 Å². The van der Waals surface area contributed by atoms with Crippen LogP contribution in [-0.4, -0.2) is 49.0 Å². The Balaban J connectivity index is 1.50. The minimum Gasteiger partial charge on any atom is -0.444 e. The fraction of sp³-hybridized carbons (Fsp3) is 0.304. The number of hydrogen-bond donors (Lipinski definition) is 1. The van der Waals surface area contributed by atoms with Gasteiger partial charge in [-0.2, -0.15) is 0 Å². The van der Waals surface area contributed by atoms with Crippen LogP contribution in [0.3, 0.4) is 0 Å². The van der Waals surface area contributed by atoms with Gasteiger partial charge in [-0.05, 0) is 44.3 Å². The van der Waals surface area contributed by atoms with Crippen LogP contribution in [0.1, 0.15) is 28.9 Å². The zero-order chi connectivity index (χ0) is 21.1. The van der Waals surface area contributed by atoms with Crippen molar-refractivity contribution in [3.63, 3.8) is 0 Å². The van der Waals surface area contributed by atoms with Crippen LogP contribution in [0.4, 0.5) is 10.1 Å². The van der Waals surface area contributed by atoms with Crippen LogP contribution in [0.5, 0.6) is 0 Å². The molecule has 0 saturated carbocycles. The number of benzene rings is 2. The summed E-state index contributed by atoms with van der Waals surface area (Å²) in [7, 11) is 2.10. The summed E-state index contributed by atoms with van der Waals surface area (Å²) in [5.74, 6) is 0.132. The Labute approximate surface area is 175 Å². The van der Waals surface area contributed by atoms with Crippen molar-refractivity contribution in [2.24, 2.45) is 0 Å². The summed E-state index contributed by atoms with van der Waals surface area (Å²) in [5.41, 5.74) is 3.13. The van der Waals surface area contributed by atoms with Crippen molar-refractivity contribution in [1.82, 2.24) is 15.2 Å². The number of carbonyl (C=O) groups excluding carboxylic acids is 1. The van der Waals surface area contributed by atoms with Gasteiger partial charge in [-0.3, -0.25) is 4.79 Å². The second-order valence-electron chi connectivity index (χ2n) is 7.63. The number of aromatic nitrogens is 1. The number of anilines is 1. The highest BCUT2D eigenvalue weighted by Crippen LogP contribution is 2.28. The number of piperazine rings is 1. The number of carbonyl (C=O) groups is 1. The van der Waals surface area contributed by atoms with E-state index in [1.165, 1.54) is 18.5 Å². The molecule has 1 saturated heterocycles. The molecule has 1 unspecified atom stereocenters. The maximum absolute atomic E-state index is 14.0. The molecule has 1 aromatic heterocycles. The summed E-state index contributed by atoms with van der Waals surface area (Å²) in [6, 6.07) is 11.6. The number of rotatable bonds is 5. The molecule has 2 aromatic carbocycles. The molecule has 0 bridgehead atoms. The largest absolute Gasteiger partial charge is 0.444 e. The Morgan fingerprint density at radius 1 is 1.13 bits per heavy atom. The van der Waals surface area contributed by atoms with E-state index in [-0.39, 0.29) is 17.8 Å².